The Hall–Kier alpha value is -4.86. The quantitative estimate of drug-likeness (QED) is 0.189. The SMILES string of the molecule is CN(C)c1ccc(C(c2ccc(N(C)C)cc2)c2cccc3cccc(C(O)(c4ccccc4)c4ccccc4)c23)cc1. The first-order valence-corrected chi connectivity index (χ1v) is 14.8. The van der Waals surface area contributed by atoms with Gasteiger partial charge in [0.05, 0.1) is 0 Å². The van der Waals surface area contributed by atoms with Crippen LogP contribution in [0.4, 0.5) is 11.4 Å². The highest BCUT2D eigenvalue weighted by atomic mass is 16.3. The molecule has 1 N–H and O–H groups in total. The minimum atomic E-state index is -1.35. The molecule has 0 aliphatic carbocycles. The van der Waals surface area contributed by atoms with Crippen molar-refractivity contribution in [1.82, 2.24) is 0 Å². The highest BCUT2D eigenvalue weighted by molar-refractivity contribution is 5.92. The second-order valence-electron chi connectivity index (χ2n) is 11.6. The minimum absolute atomic E-state index is 0.0481. The Balaban J connectivity index is 1.65. The van der Waals surface area contributed by atoms with Crippen LogP contribution in [0.15, 0.2) is 146 Å². The first kappa shape index (κ1) is 28.3. The minimum Gasteiger partial charge on any atom is -0.378 e. The molecule has 3 heteroatoms. The topological polar surface area (TPSA) is 26.7 Å². The molecule has 0 saturated heterocycles. The standard InChI is InChI=1S/C40H38N2O/c1-41(2)34-25-21-30(22-26-34)38(31-23-27-35(28-24-31)42(3)4)36-19-11-13-29-14-12-20-37(39(29)36)40(43,32-15-7-5-8-16-32)33-17-9-6-10-18-33/h5-28,38,43H,1-4H3. The van der Waals surface area contributed by atoms with Gasteiger partial charge in [0.25, 0.3) is 0 Å². The second kappa shape index (κ2) is 11.8. The molecular formula is C40H38N2O. The van der Waals surface area contributed by atoms with E-state index in [0.29, 0.717) is 0 Å². The third-order valence-corrected chi connectivity index (χ3v) is 8.51. The van der Waals surface area contributed by atoms with Gasteiger partial charge >= 0.3 is 0 Å². The first-order chi connectivity index (χ1) is 20.9. The molecule has 0 fully saturated rings. The van der Waals surface area contributed by atoms with E-state index >= 15 is 0 Å². The summed E-state index contributed by atoms with van der Waals surface area (Å²) >= 11 is 0. The van der Waals surface area contributed by atoms with Crippen molar-refractivity contribution < 1.29 is 5.11 Å². The predicted molar refractivity (Wildman–Crippen MR) is 181 cm³/mol. The molecule has 0 bridgehead atoms. The summed E-state index contributed by atoms with van der Waals surface area (Å²) in [5, 5.41) is 15.1. The van der Waals surface area contributed by atoms with Gasteiger partial charge in [0.15, 0.2) is 0 Å². The summed E-state index contributed by atoms with van der Waals surface area (Å²) in [4.78, 5) is 4.25. The van der Waals surface area contributed by atoms with Gasteiger partial charge in [-0.2, -0.15) is 0 Å². The molecule has 6 aromatic rings. The second-order valence-corrected chi connectivity index (χ2v) is 11.6. The fourth-order valence-corrected chi connectivity index (χ4v) is 6.23. The fourth-order valence-electron chi connectivity index (χ4n) is 6.23. The third kappa shape index (κ3) is 5.29. The van der Waals surface area contributed by atoms with Crippen molar-refractivity contribution in [1.29, 1.82) is 0 Å². The van der Waals surface area contributed by atoms with Gasteiger partial charge in [-0.25, -0.2) is 0 Å². The molecule has 0 radical (unpaired) electrons. The van der Waals surface area contributed by atoms with Crippen LogP contribution in [0.1, 0.15) is 39.3 Å². The van der Waals surface area contributed by atoms with E-state index in [1.54, 1.807) is 0 Å². The third-order valence-electron chi connectivity index (χ3n) is 8.51. The van der Waals surface area contributed by atoms with Gasteiger partial charge in [0.1, 0.15) is 5.60 Å². The zero-order valence-corrected chi connectivity index (χ0v) is 25.3. The average Bonchev–Trinajstić information content (AvgIpc) is 3.05. The predicted octanol–water partition coefficient (Wildman–Crippen LogP) is 8.44. The fraction of sp³-hybridized carbons (Fsp3) is 0.150. The molecule has 0 atom stereocenters. The summed E-state index contributed by atoms with van der Waals surface area (Å²) in [7, 11) is 8.27. The molecular weight excluding hydrogens is 524 g/mol. The van der Waals surface area contributed by atoms with E-state index in [1.165, 1.54) is 11.1 Å². The lowest BCUT2D eigenvalue weighted by Gasteiger charge is -2.33. The number of aliphatic hydroxyl groups is 1. The molecule has 0 spiro atoms. The van der Waals surface area contributed by atoms with Gasteiger partial charge < -0.3 is 14.9 Å². The van der Waals surface area contributed by atoms with E-state index in [4.69, 9.17) is 0 Å². The number of hydrogen-bond acceptors (Lipinski definition) is 3. The lowest BCUT2D eigenvalue weighted by molar-refractivity contribution is 0.127. The van der Waals surface area contributed by atoms with Crippen LogP contribution in [-0.4, -0.2) is 33.3 Å². The number of fused-ring (bicyclic) bond motifs is 1. The molecule has 6 aromatic carbocycles. The molecule has 0 saturated carbocycles. The highest BCUT2D eigenvalue weighted by Gasteiger charge is 2.36. The molecule has 0 aliphatic rings. The molecule has 214 valence electrons. The Morgan fingerprint density at radius 3 is 1.37 bits per heavy atom. The zero-order chi connectivity index (χ0) is 30.0. The van der Waals surface area contributed by atoms with E-state index in [1.807, 2.05) is 60.7 Å². The zero-order valence-electron chi connectivity index (χ0n) is 25.3. The molecule has 0 amide bonds. The highest BCUT2D eigenvalue weighted by Crippen LogP contribution is 2.45. The largest absolute Gasteiger partial charge is 0.378 e. The molecule has 3 nitrogen and oxygen atoms in total. The Morgan fingerprint density at radius 1 is 0.488 bits per heavy atom. The van der Waals surface area contributed by atoms with Crippen LogP contribution in [0.2, 0.25) is 0 Å². The summed E-state index contributed by atoms with van der Waals surface area (Å²) in [5.41, 5.74) is 7.08. The van der Waals surface area contributed by atoms with E-state index in [2.05, 4.69) is 123 Å². The van der Waals surface area contributed by atoms with Crippen molar-refractivity contribution in [3.05, 3.63) is 179 Å². The molecule has 6 rings (SSSR count). The van der Waals surface area contributed by atoms with Gasteiger partial charge in [0.2, 0.25) is 0 Å². The van der Waals surface area contributed by atoms with Crippen molar-refractivity contribution in [3.63, 3.8) is 0 Å². The molecule has 0 unspecified atom stereocenters. The maximum atomic E-state index is 13.0. The van der Waals surface area contributed by atoms with Crippen LogP contribution in [0, 0.1) is 0 Å². The van der Waals surface area contributed by atoms with Gasteiger partial charge in [-0.3, -0.25) is 0 Å². The maximum absolute atomic E-state index is 13.0. The summed E-state index contributed by atoms with van der Waals surface area (Å²) < 4.78 is 0. The Morgan fingerprint density at radius 2 is 0.930 bits per heavy atom. The number of nitrogens with zero attached hydrogens (tertiary/aromatic N) is 2. The van der Waals surface area contributed by atoms with Gasteiger partial charge in [0, 0.05) is 51.0 Å². The number of hydrogen-bond donors (Lipinski definition) is 1. The molecule has 0 aliphatic heterocycles. The van der Waals surface area contributed by atoms with Crippen molar-refractivity contribution >= 4 is 22.1 Å². The Kier molecular flexibility index (Phi) is 7.75. The van der Waals surface area contributed by atoms with Gasteiger partial charge in [-0.1, -0.05) is 121 Å². The van der Waals surface area contributed by atoms with E-state index in [0.717, 1.165) is 44.4 Å². The molecule has 0 heterocycles. The molecule has 43 heavy (non-hydrogen) atoms. The lowest BCUT2D eigenvalue weighted by atomic mass is 9.75. The first-order valence-electron chi connectivity index (χ1n) is 14.8. The normalized spacial score (nSPS) is 11.6. The number of benzene rings is 6. The van der Waals surface area contributed by atoms with Crippen molar-refractivity contribution in [2.75, 3.05) is 38.0 Å². The van der Waals surface area contributed by atoms with Gasteiger partial charge in [-0.15, -0.1) is 0 Å². The van der Waals surface area contributed by atoms with E-state index in [-0.39, 0.29) is 5.92 Å². The monoisotopic (exact) mass is 562 g/mol. The maximum Gasteiger partial charge on any atom is 0.141 e. The lowest BCUT2D eigenvalue weighted by Crippen LogP contribution is -2.29. The number of anilines is 2. The van der Waals surface area contributed by atoms with Crippen molar-refractivity contribution in [2.24, 2.45) is 0 Å². The van der Waals surface area contributed by atoms with Crippen LogP contribution in [-0.2, 0) is 5.60 Å². The van der Waals surface area contributed by atoms with Crippen molar-refractivity contribution in [3.8, 4) is 0 Å². The Labute approximate surface area is 255 Å². The smallest absolute Gasteiger partial charge is 0.141 e. The average molecular weight is 563 g/mol. The van der Waals surface area contributed by atoms with Gasteiger partial charge in [-0.05, 0) is 62.9 Å². The summed E-state index contributed by atoms with van der Waals surface area (Å²) in [6.07, 6.45) is 0. The van der Waals surface area contributed by atoms with Crippen LogP contribution in [0.3, 0.4) is 0 Å². The van der Waals surface area contributed by atoms with Crippen LogP contribution < -0.4 is 9.80 Å². The molecule has 0 aromatic heterocycles. The summed E-state index contributed by atoms with van der Waals surface area (Å²) in [5.74, 6) is -0.0481. The summed E-state index contributed by atoms with van der Waals surface area (Å²) in [6.45, 7) is 0. The van der Waals surface area contributed by atoms with Crippen LogP contribution >= 0.6 is 0 Å². The summed E-state index contributed by atoms with van der Waals surface area (Å²) in [6, 6.07) is 50.6. The van der Waals surface area contributed by atoms with Crippen molar-refractivity contribution in [2.45, 2.75) is 11.5 Å². The number of rotatable bonds is 8. The van der Waals surface area contributed by atoms with E-state index < -0.39 is 5.60 Å². The van der Waals surface area contributed by atoms with Crippen LogP contribution in [0.5, 0.6) is 0 Å². The van der Waals surface area contributed by atoms with Crippen LogP contribution in [0.25, 0.3) is 10.8 Å². The Bertz CT molecular complexity index is 1710. The van der Waals surface area contributed by atoms with E-state index in [9.17, 15) is 5.11 Å².